The average molecular weight is 407 g/mol. The molecule has 0 saturated carbocycles. The minimum absolute atomic E-state index is 0.197. The summed E-state index contributed by atoms with van der Waals surface area (Å²) in [5.41, 5.74) is 2.56. The smallest absolute Gasteiger partial charge is 0.255 e. The Bertz CT molecular complexity index is 1020. The zero-order valence-corrected chi connectivity index (χ0v) is 16.1. The maximum atomic E-state index is 12.7. The number of carbonyl (C=O) groups is 4. The number of rotatable bonds is 5. The summed E-state index contributed by atoms with van der Waals surface area (Å²) in [6.45, 7) is 0.470. The van der Waals surface area contributed by atoms with Crippen LogP contribution in [0, 0.1) is 0 Å². The lowest BCUT2D eigenvalue weighted by Crippen LogP contribution is -2.52. The zero-order valence-electron chi connectivity index (χ0n) is 16.1. The van der Waals surface area contributed by atoms with Gasteiger partial charge in [-0.2, -0.15) is 0 Å². The van der Waals surface area contributed by atoms with E-state index >= 15 is 0 Å². The van der Waals surface area contributed by atoms with Gasteiger partial charge in [0.1, 0.15) is 6.04 Å². The fourth-order valence-corrected chi connectivity index (χ4v) is 3.81. The van der Waals surface area contributed by atoms with Crippen molar-refractivity contribution in [3.05, 3.63) is 70.8 Å². The zero-order chi connectivity index (χ0) is 21.3. The fraction of sp³-hybridized carbons (Fsp3) is 0.273. The predicted octanol–water partition coefficient (Wildman–Crippen LogP) is 0.797. The first-order valence-corrected chi connectivity index (χ1v) is 9.71. The maximum Gasteiger partial charge on any atom is 0.255 e. The highest BCUT2D eigenvalue weighted by molar-refractivity contribution is 6.05. The third-order valence-electron chi connectivity index (χ3n) is 5.42. The number of hydrogen-bond acceptors (Lipinski definition) is 5. The summed E-state index contributed by atoms with van der Waals surface area (Å²) in [5.74, 6) is -1.52. The monoisotopic (exact) mass is 407 g/mol. The molecule has 1 unspecified atom stereocenters. The van der Waals surface area contributed by atoms with Gasteiger partial charge < -0.3 is 15.3 Å². The lowest BCUT2D eigenvalue weighted by Gasteiger charge is -2.29. The van der Waals surface area contributed by atoms with Crippen LogP contribution in [0.4, 0.5) is 0 Å². The Labute approximate surface area is 172 Å². The van der Waals surface area contributed by atoms with Gasteiger partial charge in [-0.3, -0.25) is 24.5 Å². The summed E-state index contributed by atoms with van der Waals surface area (Å²) in [7, 11) is 0. The van der Waals surface area contributed by atoms with Crippen LogP contribution in [0.25, 0.3) is 0 Å². The average Bonchev–Trinajstić information content (AvgIpc) is 3.07. The van der Waals surface area contributed by atoms with Crippen LogP contribution in [0.5, 0.6) is 0 Å². The molecule has 0 aliphatic carbocycles. The molecule has 1 saturated heterocycles. The molecule has 154 valence electrons. The van der Waals surface area contributed by atoms with Crippen molar-refractivity contribution in [2.75, 3.05) is 0 Å². The van der Waals surface area contributed by atoms with Crippen LogP contribution < -0.4 is 10.6 Å². The number of nitrogens with one attached hydrogen (secondary N) is 2. The summed E-state index contributed by atoms with van der Waals surface area (Å²) in [4.78, 5) is 49.9. The van der Waals surface area contributed by atoms with Crippen LogP contribution in [-0.4, -0.2) is 39.7 Å². The van der Waals surface area contributed by atoms with Gasteiger partial charge in [0.15, 0.2) is 6.10 Å². The van der Waals surface area contributed by atoms with E-state index in [0.29, 0.717) is 17.5 Å². The molecule has 2 aliphatic heterocycles. The van der Waals surface area contributed by atoms with Crippen molar-refractivity contribution in [1.82, 2.24) is 15.5 Å². The minimum atomic E-state index is -1.26. The van der Waals surface area contributed by atoms with E-state index in [1.165, 1.54) is 4.90 Å². The van der Waals surface area contributed by atoms with Crippen LogP contribution in [0.2, 0.25) is 0 Å². The quantitative estimate of drug-likeness (QED) is 0.634. The maximum absolute atomic E-state index is 12.7. The second kappa shape index (κ2) is 8.08. The number of aliphatic hydroxyl groups excluding tert-OH is 1. The molecule has 2 aliphatic rings. The van der Waals surface area contributed by atoms with Crippen molar-refractivity contribution in [2.24, 2.45) is 0 Å². The predicted molar refractivity (Wildman–Crippen MR) is 106 cm³/mol. The number of fused-ring (bicyclic) bond motifs is 1. The second-order valence-electron chi connectivity index (χ2n) is 7.42. The van der Waals surface area contributed by atoms with E-state index in [4.69, 9.17) is 0 Å². The Kier molecular flexibility index (Phi) is 5.33. The van der Waals surface area contributed by atoms with Crippen molar-refractivity contribution in [1.29, 1.82) is 0 Å². The van der Waals surface area contributed by atoms with Crippen molar-refractivity contribution < 1.29 is 24.3 Å². The van der Waals surface area contributed by atoms with Gasteiger partial charge in [-0.05, 0) is 29.2 Å². The molecule has 4 amide bonds. The van der Waals surface area contributed by atoms with Gasteiger partial charge in [-0.15, -0.1) is 0 Å². The number of imide groups is 1. The third-order valence-corrected chi connectivity index (χ3v) is 5.42. The number of piperidine rings is 1. The summed E-state index contributed by atoms with van der Waals surface area (Å²) < 4.78 is 0. The van der Waals surface area contributed by atoms with E-state index in [1.54, 1.807) is 42.5 Å². The van der Waals surface area contributed by atoms with E-state index < -0.39 is 24.0 Å². The highest BCUT2D eigenvalue weighted by Gasteiger charge is 2.39. The molecule has 8 heteroatoms. The Balaban J connectivity index is 1.41. The van der Waals surface area contributed by atoms with Crippen LogP contribution in [0.3, 0.4) is 0 Å². The number of nitrogens with zero attached hydrogens (tertiary/aromatic N) is 1. The fourth-order valence-electron chi connectivity index (χ4n) is 3.81. The first kappa shape index (κ1) is 19.8. The van der Waals surface area contributed by atoms with Gasteiger partial charge in [-0.25, -0.2) is 0 Å². The van der Waals surface area contributed by atoms with Gasteiger partial charge >= 0.3 is 0 Å². The molecule has 2 aromatic carbocycles. The van der Waals surface area contributed by atoms with Gasteiger partial charge in [0.2, 0.25) is 11.8 Å². The van der Waals surface area contributed by atoms with Crippen molar-refractivity contribution in [3.63, 3.8) is 0 Å². The molecule has 1 fully saturated rings. The molecular weight excluding hydrogens is 386 g/mol. The van der Waals surface area contributed by atoms with Crippen LogP contribution in [0.1, 0.15) is 46.0 Å². The molecule has 8 nitrogen and oxygen atoms in total. The Morgan fingerprint density at radius 1 is 1.17 bits per heavy atom. The SMILES string of the molecule is O=C1CCC(N2Cc3cc(CNC(=O)[C@@H](O)c4ccccc4)ccc3C2=O)C(=O)N1. The molecule has 0 bridgehead atoms. The molecule has 4 rings (SSSR count). The summed E-state index contributed by atoms with van der Waals surface area (Å²) in [6, 6.07) is 13.2. The van der Waals surface area contributed by atoms with Gasteiger partial charge in [-0.1, -0.05) is 42.5 Å². The van der Waals surface area contributed by atoms with E-state index in [9.17, 15) is 24.3 Å². The van der Waals surface area contributed by atoms with Crippen LogP contribution in [-0.2, 0) is 27.5 Å². The lowest BCUT2D eigenvalue weighted by atomic mass is 10.0. The van der Waals surface area contributed by atoms with Gasteiger partial charge in [0.05, 0.1) is 0 Å². The summed E-state index contributed by atoms with van der Waals surface area (Å²) in [5, 5.41) is 15.1. The normalized spacial score (nSPS) is 19.3. The van der Waals surface area contributed by atoms with Crippen LogP contribution in [0.15, 0.2) is 48.5 Å². The minimum Gasteiger partial charge on any atom is -0.378 e. The first-order valence-electron chi connectivity index (χ1n) is 9.71. The molecule has 30 heavy (non-hydrogen) atoms. The molecule has 0 aromatic heterocycles. The van der Waals surface area contributed by atoms with E-state index in [2.05, 4.69) is 10.6 Å². The standard InChI is InChI=1S/C22H21N3O5/c26-18-9-8-17(20(28)24-18)25-12-15-10-13(6-7-16(15)22(25)30)11-23-21(29)19(27)14-4-2-1-3-5-14/h1-7,10,17,19,27H,8-9,11-12H2,(H,23,29)(H,24,26,28)/t17?,19-/m0/s1. The van der Waals surface area contributed by atoms with E-state index in [0.717, 1.165) is 11.1 Å². The summed E-state index contributed by atoms with van der Waals surface area (Å²) >= 11 is 0. The Morgan fingerprint density at radius 3 is 2.67 bits per heavy atom. The number of hydrogen-bond donors (Lipinski definition) is 3. The lowest BCUT2D eigenvalue weighted by molar-refractivity contribution is -0.137. The summed E-state index contributed by atoms with van der Waals surface area (Å²) in [6.07, 6.45) is -0.743. The molecule has 3 N–H and O–H groups in total. The van der Waals surface area contributed by atoms with Gasteiger partial charge in [0, 0.05) is 25.1 Å². The van der Waals surface area contributed by atoms with Crippen molar-refractivity contribution >= 4 is 23.6 Å². The highest BCUT2D eigenvalue weighted by Crippen LogP contribution is 2.28. The topological polar surface area (TPSA) is 116 Å². The highest BCUT2D eigenvalue weighted by atomic mass is 16.3. The van der Waals surface area contributed by atoms with Gasteiger partial charge in [0.25, 0.3) is 11.8 Å². The molecular formula is C22H21N3O5. The second-order valence-corrected chi connectivity index (χ2v) is 7.42. The Morgan fingerprint density at radius 2 is 1.93 bits per heavy atom. The Hall–Kier alpha value is -3.52. The number of aliphatic hydroxyl groups is 1. The largest absolute Gasteiger partial charge is 0.378 e. The molecule has 0 radical (unpaired) electrons. The molecule has 2 atom stereocenters. The molecule has 2 heterocycles. The number of amides is 4. The van der Waals surface area contributed by atoms with Crippen molar-refractivity contribution in [2.45, 2.75) is 38.1 Å². The van der Waals surface area contributed by atoms with Crippen molar-refractivity contribution in [3.8, 4) is 0 Å². The third kappa shape index (κ3) is 3.81. The first-order chi connectivity index (χ1) is 14.4. The van der Waals surface area contributed by atoms with E-state index in [-0.39, 0.29) is 31.3 Å². The molecule has 2 aromatic rings. The number of carbonyl (C=O) groups excluding carboxylic acids is 4. The van der Waals surface area contributed by atoms with E-state index in [1.807, 2.05) is 6.07 Å². The number of benzene rings is 2. The molecule has 0 spiro atoms. The van der Waals surface area contributed by atoms with Crippen LogP contribution >= 0.6 is 0 Å².